The van der Waals surface area contributed by atoms with Crippen LogP contribution in [-0.4, -0.2) is 25.5 Å². The number of nitrogens with zero attached hydrogens (tertiary/aromatic N) is 1. The van der Waals surface area contributed by atoms with Crippen LogP contribution in [0.25, 0.3) is 0 Å². The predicted octanol–water partition coefficient (Wildman–Crippen LogP) is 4.22. The molecule has 1 amide bonds. The van der Waals surface area contributed by atoms with Gasteiger partial charge in [0.1, 0.15) is 5.75 Å². The van der Waals surface area contributed by atoms with Gasteiger partial charge in [0.05, 0.1) is 19.3 Å². The van der Waals surface area contributed by atoms with E-state index >= 15 is 0 Å². The van der Waals surface area contributed by atoms with Gasteiger partial charge in [-0.1, -0.05) is 35.3 Å². The fraction of sp³-hybridized carbons (Fsp3) is 0.300. The van der Waals surface area contributed by atoms with Crippen LogP contribution in [0.15, 0.2) is 41.4 Å². The fourth-order valence-corrected chi connectivity index (χ4v) is 2.97. The molecule has 0 spiro atoms. The first-order valence-corrected chi connectivity index (χ1v) is 9.59. The molecule has 0 unspecified atom stereocenters. The van der Waals surface area contributed by atoms with Crippen molar-refractivity contribution in [2.24, 2.45) is 4.99 Å². The third-order valence-corrected chi connectivity index (χ3v) is 4.39. The Morgan fingerprint density at radius 3 is 2.57 bits per heavy atom. The molecule has 0 aliphatic heterocycles. The van der Waals surface area contributed by atoms with Crippen molar-refractivity contribution >= 4 is 40.8 Å². The molecule has 0 saturated heterocycles. The molecule has 3 N–H and O–H groups in total. The number of guanidine groups is 1. The lowest BCUT2D eigenvalue weighted by molar-refractivity contribution is -0.114. The minimum absolute atomic E-state index is 0.159. The minimum Gasteiger partial charge on any atom is -0.495 e. The van der Waals surface area contributed by atoms with Crippen molar-refractivity contribution in [3.63, 3.8) is 0 Å². The molecule has 0 aliphatic carbocycles. The highest BCUT2D eigenvalue weighted by Crippen LogP contribution is 2.26. The summed E-state index contributed by atoms with van der Waals surface area (Å²) in [6.07, 6.45) is 0. The van der Waals surface area contributed by atoms with Crippen molar-refractivity contribution in [3.8, 4) is 5.75 Å². The maximum absolute atomic E-state index is 11.4. The number of anilines is 1. The number of aliphatic imine (C=N–C) groups is 1. The van der Waals surface area contributed by atoms with E-state index in [4.69, 9.17) is 27.9 Å². The summed E-state index contributed by atoms with van der Waals surface area (Å²) in [6.45, 7) is 5.12. The molecule has 150 valence electrons. The molecular formula is C20H24Cl2N4O2. The first-order valence-electron chi connectivity index (χ1n) is 8.83. The summed E-state index contributed by atoms with van der Waals surface area (Å²) in [5, 5.41) is 10.4. The molecule has 2 aromatic carbocycles. The van der Waals surface area contributed by atoms with Gasteiger partial charge in [0, 0.05) is 30.1 Å². The molecule has 0 fully saturated rings. The molecule has 6 nitrogen and oxygen atoms in total. The van der Waals surface area contributed by atoms with E-state index in [2.05, 4.69) is 20.9 Å². The molecule has 28 heavy (non-hydrogen) atoms. The number of ether oxygens (including phenoxy) is 1. The van der Waals surface area contributed by atoms with E-state index in [1.807, 2.05) is 31.2 Å². The second-order valence-corrected chi connectivity index (χ2v) is 6.84. The molecule has 0 atom stereocenters. The van der Waals surface area contributed by atoms with Crippen molar-refractivity contribution in [2.45, 2.75) is 26.9 Å². The largest absolute Gasteiger partial charge is 0.495 e. The van der Waals surface area contributed by atoms with Crippen LogP contribution >= 0.6 is 23.2 Å². The first-order chi connectivity index (χ1) is 13.4. The molecule has 0 saturated carbocycles. The number of benzene rings is 2. The summed E-state index contributed by atoms with van der Waals surface area (Å²) in [4.78, 5) is 16.0. The monoisotopic (exact) mass is 422 g/mol. The Labute approximate surface area is 175 Å². The van der Waals surface area contributed by atoms with Gasteiger partial charge in [0.25, 0.3) is 0 Å². The highest BCUT2D eigenvalue weighted by molar-refractivity contribution is 6.35. The summed E-state index contributed by atoms with van der Waals surface area (Å²) in [5.74, 6) is 1.10. The smallest absolute Gasteiger partial charge is 0.221 e. The van der Waals surface area contributed by atoms with Crippen LogP contribution in [0.4, 0.5) is 5.69 Å². The fourth-order valence-electron chi connectivity index (χ4n) is 2.50. The normalized spacial score (nSPS) is 11.1. The van der Waals surface area contributed by atoms with E-state index in [1.54, 1.807) is 19.2 Å². The predicted molar refractivity (Wildman–Crippen MR) is 115 cm³/mol. The summed E-state index contributed by atoms with van der Waals surface area (Å²) in [7, 11) is 1.56. The molecule has 0 radical (unpaired) electrons. The van der Waals surface area contributed by atoms with Gasteiger partial charge in [0.15, 0.2) is 5.96 Å². The second-order valence-electron chi connectivity index (χ2n) is 6.00. The van der Waals surface area contributed by atoms with Crippen LogP contribution in [0, 0.1) is 0 Å². The van der Waals surface area contributed by atoms with E-state index in [9.17, 15) is 4.79 Å². The molecule has 8 heteroatoms. The number of hydrogen-bond donors (Lipinski definition) is 3. The lowest BCUT2D eigenvalue weighted by Crippen LogP contribution is -2.36. The average molecular weight is 423 g/mol. The number of amides is 1. The van der Waals surface area contributed by atoms with Gasteiger partial charge in [-0.05, 0) is 42.3 Å². The van der Waals surface area contributed by atoms with Gasteiger partial charge >= 0.3 is 0 Å². The number of carbonyl (C=O) groups excluding carboxylic acids is 1. The Kier molecular flexibility index (Phi) is 8.42. The Morgan fingerprint density at radius 2 is 1.93 bits per heavy atom. The van der Waals surface area contributed by atoms with E-state index in [0.29, 0.717) is 40.5 Å². The van der Waals surface area contributed by atoms with Crippen LogP contribution in [0.2, 0.25) is 10.0 Å². The lowest BCUT2D eigenvalue weighted by Gasteiger charge is -2.13. The van der Waals surface area contributed by atoms with Gasteiger partial charge in [-0.2, -0.15) is 0 Å². The van der Waals surface area contributed by atoms with Crippen molar-refractivity contribution in [1.82, 2.24) is 10.6 Å². The SMILES string of the molecule is CCNC(=NCc1ccc(OC)c(NC(C)=O)c1)NCc1ccc(Cl)cc1Cl. The molecular weight excluding hydrogens is 399 g/mol. The Bertz CT molecular complexity index is 856. The summed E-state index contributed by atoms with van der Waals surface area (Å²) < 4.78 is 5.28. The zero-order chi connectivity index (χ0) is 20.5. The molecule has 0 aromatic heterocycles. The van der Waals surface area contributed by atoms with Gasteiger partial charge < -0.3 is 20.7 Å². The number of halogens is 2. The van der Waals surface area contributed by atoms with Gasteiger partial charge in [0.2, 0.25) is 5.91 Å². The first kappa shape index (κ1) is 21.9. The van der Waals surface area contributed by atoms with E-state index in [-0.39, 0.29) is 5.91 Å². The number of carbonyl (C=O) groups is 1. The number of nitrogens with one attached hydrogen (secondary N) is 3. The molecule has 0 aliphatic rings. The molecule has 2 aromatic rings. The second kappa shape index (κ2) is 10.8. The number of hydrogen-bond acceptors (Lipinski definition) is 3. The summed E-state index contributed by atoms with van der Waals surface area (Å²) >= 11 is 12.2. The quantitative estimate of drug-likeness (QED) is 0.461. The third-order valence-electron chi connectivity index (χ3n) is 3.80. The van der Waals surface area contributed by atoms with E-state index in [0.717, 1.165) is 17.7 Å². The Hall–Kier alpha value is -2.44. The maximum atomic E-state index is 11.4. The molecule has 2 rings (SSSR count). The van der Waals surface area contributed by atoms with Crippen molar-refractivity contribution in [2.75, 3.05) is 19.0 Å². The number of rotatable bonds is 7. The maximum Gasteiger partial charge on any atom is 0.221 e. The Morgan fingerprint density at radius 1 is 1.14 bits per heavy atom. The molecule has 0 bridgehead atoms. The van der Waals surface area contributed by atoms with Gasteiger partial charge in [-0.25, -0.2) is 4.99 Å². The van der Waals surface area contributed by atoms with Crippen LogP contribution < -0.4 is 20.7 Å². The minimum atomic E-state index is -0.159. The topological polar surface area (TPSA) is 74.8 Å². The van der Waals surface area contributed by atoms with Crippen LogP contribution in [0.3, 0.4) is 0 Å². The summed E-state index contributed by atoms with van der Waals surface area (Å²) in [5.41, 5.74) is 2.48. The highest BCUT2D eigenvalue weighted by atomic mass is 35.5. The average Bonchev–Trinajstić information content (AvgIpc) is 2.65. The zero-order valence-electron chi connectivity index (χ0n) is 16.1. The van der Waals surface area contributed by atoms with Crippen molar-refractivity contribution in [3.05, 3.63) is 57.6 Å². The van der Waals surface area contributed by atoms with Crippen molar-refractivity contribution in [1.29, 1.82) is 0 Å². The zero-order valence-corrected chi connectivity index (χ0v) is 17.6. The third kappa shape index (κ3) is 6.62. The Balaban J connectivity index is 2.10. The summed E-state index contributed by atoms with van der Waals surface area (Å²) in [6, 6.07) is 11.0. The highest BCUT2D eigenvalue weighted by Gasteiger charge is 2.07. The van der Waals surface area contributed by atoms with Crippen LogP contribution in [0.1, 0.15) is 25.0 Å². The van der Waals surface area contributed by atoms with E-state index in [1.165, 1.54) is 6.92 Å². The van der Waals surface area contributed by atoms with Crippen LogP contribution in [-0.2, 0) is 17.9 Å². The van der Waals surface area contributed by atoms with Gasteiger partial charge in [-0.3, -0.25) is 4.79 Å². The van der Waals surface area contributed by atoms with Crippen molar-refractivity contribution < 1.29 is 9.53 Å². The van der Waals surface area contributed by atoms with Gasteiger partial charge in [-0.15, -0.1) is 0 Å². The standard InChI is InChI=1S/C20H24Cl2N4O2/c1-4-23-20(25-12-15-6-7-16(21)10-17(15)22)24-11-14-5-8-19(28-3)18(9-14)26-13(2)27/h5-10H,4,11-12H2,1-3H3,(H,26,27)(H2,23,24,25). The molecule has 0 heterocycles. The lowest BCUT2D eigenvalue weighted by atomic mass is 10.2. The van der Waals surface area contributed by atoms with Crippen LogP contribution in [0.5, 0.6) is 5.75 Å². The van der Waals surface area contributed by atoms with E-state index < -0.39 is 0 Å². The number of methoxy groups -OCH3 is 1.